The van der Waals surface area contributed by atoms with Crippen LogP contribution in [0.2, 0.25) is 0 Å². The summed E-state index contributed by atoms with van der Waals surface area (Å²) < 4.78 is 39.9. The number of benzene rings is 2. The Morgan fingerprint density at radius 3 is 2.47 bits per heavy atom. The van der Waals surface area contributed by atoms with Crippen molar-refractivity contribution in [3.63, 3.8) is 0 Å². The van der Waals surface area contributed by atoms with Crippen LogP contribution in [0.25, 0.3) is 0 Å². The van der Waals surface area contributed by atoms with Gasteiger partial charge in [-0.25, -0.2) is 13.2 Å². The number of hydrazine groups is 1. The fourth-order valence-electron chi connectivity index (χ4n) is 1.95. The van der Waals surface area contributed by atoms with Gasteiger partial charge in [-0.15, -0.1) is 0 Å². The van der Waals surface area contributed by atoms with Crippen molar-refractivity contribution in [1.82, 2.24) is 5.43 Å². The maximum Gasteiger partial charge on any atom is 0.163 e. The summed E-state index contributed by atoms with van der Waals surface area (Å²) in [5.74, 6) is 3.12. The SMILES string of the molecule is NNC(Cc1cccc(F)c1)c1cccc(F)c1F. The Morgan fingerprint density at radius 1 is 1.05 bits per heavy atom. The summed E-state index contributed by atoms with van der Waals surface area (Å²) in [5, 5.41) is 0. The van der Waals surface area contributed by atoms with E-state index in [9.17, 15) is 13.2 Å². The summed E-state index contributed by atoms with van der Waals surface area (Å²) in [6.07, 6.45) is 0.259. The van der Waals surface area contributed by atoms with Crippen molar-refractivity contribution >= 4 is 0 Å². The molecule has 2 nitrogen and oxygen atoms in total. The van der Waals surface area contributed by atoms with Gasteiger partial charge in [0.25, 0.3) is 0 Å². The van der Waals surface area contributed by atoms with E-state index in [0.29, 0.717) is 5.56 Å². The van der Waals surface area contributed by atoms with Crippen molar-refractivity contribution in [2.45, 2.75) is 12.5 Å². The van der Waals surface area contributed by atoms with Gasteiger partial charge >= 0.3 is 0 Å². The van der Waals surface area contributed by atoms with Crippen LogP contribution in [0, 0.1) is 17.5 Å². The molecule has 0 radical (unpaired) electrons. The zero-order valence-electron chi connectivity index (χ0n) is 10.0. The summed E-state index contributed by atoms with van der Waals surface area (Å²) in [7, 11) is 0. The highest BCUT2D eigenvalue weighted by Crippen LogP contribution is 2.22. The highest BCUT2D eigenvalue weighted by atomic mass is 19.2. The maximum absolute atomic E-state index is 13.7. The number of hydrogen-bond donors (Lipinski definition) is 2. The molecule has 2 rings (SSSR count). The van der Waals surface area contributed by atoms with E-state index in [1.165, 1.54) is 24.3 Å². The van der Waals surface area contributed by atoms with E-state index in [1.54, 1.807) is 12.1 Å². The minimum atomic E-state index is -0.943. The van der Waals surface area contributed by atoms with Crippen LogP contribution in [0.4, 0.5) is 13.2 Å². The van der Waals surface area contributed by atoms with Crippen molar-refractivity contribution in [3.8, 4) is 0 Å². The average molecular weight is 266 g/mol. The molecular formula is C14H13F3N2. The Kier molecular flexibility index (Phi) is 4.19. The number of rotatable bonds is 4. The fourth-order valence-corrected chi connectivity index (χ4v) is 1.95. The van der Waals surface area contributed by atoms with Gasteiger partial charge in [-0.1, -0.05) is 24.3 Å². The van der Waals surface area contributed by atoms with E-state index < -0.39 is 17.7 Å². The van der Waals surface area contributed by atoms with E-state index in [-0.39, 0.29) is 17.8 Å². The Morgan fingerprint density at radius 2 is 1.79 bits per heavy atom. The molecular weight excluding hydrogens is 253 g/mol. The van der Waals surface area contributed by atoms with Crippen LogP contribution >= 0.6 is 0 Å². The first-order valence-corrected chi connectivity index (χ1v) is 5.76. The van der Waals surface area contributed by atoms with Crippen LogP contribution in [0.5, 0.6) is 0 Å². The maximum atomic E-state index is 13.7. The molecule has 0 amide bonds. The standard InChI is InChI=1S/C14H13F3N2/c15-10-4-1-3-9(7-10)8-13(19-18)11-5-2-6-12(16)14(11)17/h1-7,13,19H,8,18H2. The molecule has 0 heterocycles. The molecule has 0 saturated carbocycles. The Balaban J connectivity index is 2.28. The third-order valence-corrected chi connectivity index (χ3v) is 2.89. The summed E-state index contributed by atoms with van der Waals surface area (Å²) in [5.41, 5.74) is 3.19. The van der Waals surface area contributed by atoms with E-state index in [4.69, 9.17) is 5.84 Å². The van der Waals surface area contributed by atoms with Gasteiger partial charge in [0.2, 0.25) is 0 Å². The van der Waals surface area contributed by atoms with Crippen molar-refractivity contribution in [2.75, 3.05) is 0 Å². The second-order valence-electron chi connectivity index (χ2n) is 4.20. The molecule has 0 aliphatic rings. The van der Waals surface area contributed by atoms with Gasteiger partial charge in [0.15, 0.2) is 11.6 Å². The first-order chi connectivity index (χ1) is 9.11. The number of nitrogens with two attached hydrogens (primary N) is 1. The molecule has 1 atom stereocenters. The highest BCUT2D eigenvalue weighted by Gasteiger charge is 2.17. The number of nitrogens with one attached hydrogen (secondary N) is 1. The van der Waals surface area contributed by atoms with Gasteiger partial charge in [0, 0.05) is 5.56 Å². The lowest BCUT2D eigenvalue weighted by Crippen LogP contribution is -2.30. The molecule has 100 valence electrons. The molecule has 0 aromatic heterocycles. The van der Waals surface area contributed by atoms with E-state index in [2.05, 4.69) is 5.43 Å². The molecule has 2 aromatic carbocycles. The van der Waals surface area contributed by atoms with Crippen LogP contribution in [-0.4, -0.2) is 0 Å². The molecule has 0 bridgehead atoms. The van der Waals surface area contributed by atoms with Gasteiger partial charge in [-0.2, -0.15) is 0 Å². The summed E-state index contributed by atoms with van der Waals surface area (Å²) >= 11 is 0. The summed E-state index contributed by atoms with van der Waals surface area (Å²) in [4.78, 5) is 0. The summed E-state index contributed by atoms with van der Waals surface area (Å²) in [6, 6.07) is 9.17. The molecule has 3 N–H and O–H groups in total. The quantitative estimate of drug-likeness (QED) is 0.659. The predicted molar refractivity (Wildman–Crippen MR) is 66.5 cm³/mol. The molecule has 1 unspecified atom stereocenters. The Labute approximate surface area is 109 Å². The monoisotopic (exact) mass is 266 g/mol. The zero-order valence-corrected chi connectivity index (χ0v) is 10.0. The van der Waals surface area contributed by atoms with Gasteiger partial charge in [0.1, 0.15) is 5.82 Å². The van der Waals surface area contributed by atoms with Crippen LogP contribution < -0.4 is 11.3 Å². The van der Waals surface area contributed by atoms with Crippen LogP contribution in [-0.2, 0) is 6.42 Å². The average Bonchev–Trinajstić information content (AvgIpc) is 2.40. The third-order valence-electron chi connectivity index (χ3n) is 2.89. The molecule has 0 saturated heterocycles. The molecule has 19 heavy (non-hydrogen) atoms. The minimum Gasteiger partial charge on any atom is -0.271 e. The predicted octanol–water partition coefficient (Wildman–Crippen LogP) is 2.85. The van der Waals surface area contributed by atoms with E-state index in [0.717, 1.165) is 6.07 Å². The van der Waals surface area contributed by atoms with Crippen LogP contribution in [0.3, 0.4) is 0 Å². The summed E-state index contributed by atoms with van der Waals surface area (Å²) in [6.45, 7) is 0. The lowest BCUT2D eigenvalue weighted by molar-refractivity contribution is 0.464. The second-order valence-corrected chi connectivity index (χ2v) is 4.20. The molecule has 0 aliphatic heterocycles. The zero-order chi connectivity index (χ0) is 13.8. The van der Waals surface area contributed by atoms with Gasteiger partial charge in [-0.05, 0) is 30.2 Å². The smallest absolute Gasteiger partial charge is 0.163 e. The van der Waals surface area contributed by atoms with Gasteiger partial charge in [0.05, 0.1) is 6.04 Å². The number of hydrogen-bond acceptors (Lipinski definition) is 2. The first kappa shape index (κ1) is 13.6. The van der Waals surface area contributed by atoms with Crippen molar-refractivity contribution in [2.24, 2.45) is 5.84 Å². The van der Waals surface area contributed by atoms with Crippen molar-refractivity contribution in [3.05, 3.63) is 71.0 Å². The van der Waals surface area contributed by atoms with Gasteiger partial charge < -0.3 is 0 Å². The van der Waals surface area contributed by atoms with E-state index >= 15 is 0 Å². The topological polar surface area (TPSA) is 38.0 Å². The van der Waals surface area contributed by atoms with Crippen molar-refractivity contribution < 1.29 is 13.2 Å². The fraction of sp³-hybridized carbons (Fsp3) is 0.143. The first-order valence-electron chi connectivity index (χ1n) is 5.76. The van der Waals surface area contributed by atoms with Crippen LogP contribution in [0.15, 0.2) is 42.5 Å². The largest absolute Gasteiger partial charge is 0.271 e. The van der Waals surface area contributed by atoms with Gasteiger partial charge in [-0.3, -0.25) is 11.3 Å². The highest BCUT2D eigenvalue weighted by molar-refractivity contribution is 5.26. The molecule has 0 fully saturated rings. The van der Waals surface area contributed by atoms with Crippen LogP contribution in [0.1, 0.15) is 17.2 Å². The Hall–Kier alpha value is -1.85. The molecule has 5 heteroatoms. The lowest BCUT2D eigenvalue weighted by atomic mass is 9.99. The molecule has 0 spiro atoms. The lowest BCUT2D eigenvalue weighted by Gasteiger charge is -2.17. The van der Waals surface area contributed by atoms with E-state index in [1.807, 2.05) is 0 Å². The normalized spacial score (nSPS) is 12.4. The molecule has 0 aliphatic carbocycles. The third kappa shape index (κ3) is 3.13. The number of halogens is 3. The Bertz CT molecular complexity index is 572. The minimum absolute atomic E-state index is 0.117. The molecule has 2 aromatic rings. The van der Waals surface area contributed by atoms with Crippen molar-refractivity contribution in [1.29, 1.82) is 0 Å². The second kappa shape index (κ2) is 5.86.